The second kappa shape index (κ2) is 10.4. The molecule has 2 N–H and O–H groups in total. The Balaban J connectivity index is 1.68. The maximum Gasteiger partial charge on any atom is 0.336 e. The van der Waals surface area contributed by atoms with Crippen molar-refractivity contribution in [1.29, 1.82) is 0 Å². The molecule has 0 aliphatic carbocycles. The first kappa shape index (κ1) is 23.5. The topological polar surface area (TPSA) is 125 Å². The fourth-order valence-electron chi connectivity index (χ4n) is 2.85. The van der Waals surface area contributed by atoms with Gasteiger partial charge < -0.3 is 9.84 Å². The van der Waals surface area contributed by atoms with Gasteiger partial charge in [0.25, 0.3) is 5.91 Å². The third-order valence-corrected chi connectivity index (χ3v) is 5.52. The van der Waals surface area contributed by atoms with Crippen LogP contribution in [0.3, 0.4) is 0 Å². The second-order valence-corrected chi connectivity index (χ2v) is 8.77. The molecule has 3 aromatic rings. The van der Waals surface area contributed by atoms with E-state index in [9.17, 15) is 23.1 Å². The van der Waals surface area contributed by atoms with Crippen LogP contribution in [-0.2, 0) is 14.8 Å². The molecular weight excluding hydrogens is 446 g/mol. The molecule has 0 heterocycles. The van der Waals surface area contributed by atoms with Crippen molar-refractivity contribution in [2.45, 2.75) is 0 Å². The summed E-state index contributed by atoms with van der Waals surface area (Å²) in [6.07, 6.45) is 2.17. The highest BCUT2D eigenvalue weighted by atomic mass is 32.2. The molecule has 3 rings (SSSR count). The van der Waals surface area contributed by atoms with Crippen molar-refractivity contribution < 1.29 is 27.9 Å². The number of hydrazone groups is 1. The van der Waals surface area contributed by atoms with Crippen LogP contribution < -0.4 is 14.5 Å². The number of para-hydroxylation sites is 1. The van der Waals surface area contributed by atoms with Crippen LogP contribution in [0.4, 0.5) is 5.69 Å². The minimum absolute atomic E-state index is 0.0195. The van der Waals surface area contributed by atoms with E-state index >= 15 is 0 Å². The van der Waals surface area contributed by atoms with Crippen molar-refractivity contribution in [1.82, 2.24) is 5.43 Å². The highest BCUT2D eigenvalue weighted by Gasteiger charge is 2.21. The number of aromatic carboxylic acids is 1. The third-order valence-electron chi connectivity index (χ3n) is 4.38. The van der Waals surface area contributed by atoms with Gasteiger partial charge in [0.1, 0.15) is 18.0 Å². The molecule has 33 heavy (non-hydrogen) atoms. The monoisotopic (exact) mass is 467 g/mol. The number of nitrogens with zero attached hydrogens (tertiary/aromatic N) is 2. The van der Waals surface area contributed by atoms with Crippen molar-refractivity contribution in [2.75, 3.05) is 17.1 Å². The zero-order valence-electron chi connectivity index (χ0n) is 17.6. The lowest BCUT2D eigenvalue weighted by atomic mass is 10.1. The van der Waals surface area contributed by atoms with Crippen molar-refractivity contribution in [3.05, 3.63) is 90.0 Å². The number of carboxylic acids is 1. The van der Waals surface area contributed by atoms with Gasteiger partial charge in [-0.25, -0.2) is 18.6 Å². The van der Waals surface area contributed by atoms with Crippen LogP contribution in [0.5, 0.6) is 11.5 Å². The Morgan fingerprint density at radius 2 is 1.58 bits per heavy atom. The standard InChI is InChI=1S/C23H21N3O6S/c1-33(30,31)26(18-11-13-20(14-12-18)32-19-8-3-2-4-9-19)16-22(27)25-24-15-17-7-5-6-10-21(17)23(28)29/h2-15H,16H2,1H3,(H,25,27)(H,28,29)/b24-15-. The second-order valence-electron chi connectivity index (χ2n) is 6.86. The Bertz CT molecular complexity index is 1260. The van der Waals surface area contributed by atoms with Gasteiger partial charge in [0.05, 0.1) is 23.7 Å². The molecule has 10 heteroatoms. The van der Waals surface area contributed by atoms with E-state index < -0.39 is 28.4 Å². The summed E-state index contributed by atoms with van der Waals surface area (Å²) < 4.78 is 31.2. The Hall–Kier alpha value is -4.18. The summed E-state index contributed by atoms with van der Waals surface area (Å²) in [5, 5.41) is 12.9. The van der Waals surface area contributed by atoms with Crippen LogP contribution in [0.2, 0.25) is 0 Å². The lowest BCUT2D eigenvalue weighted by Gasteiger charge is -2.21. The first-order valence-electron chi connectivity index (χ1n) is 9.69. The van der Waals surface area contributed by atoms with Crippen molar-refractivity contribution >= 4 is 33.8 Å². The SMILES string of the molecule is CS(=O)(=O)N(CC(=O)N/N=C\c1ccccc1C(=O)O)c1ccc(Oc2ccccc2)cc1. The quantitative estimate of drug-likeness (QED) is 0.368. The molecule has 0 atom stereocenters. The van der Waals surface area contributed by atoms with Gasteiger partial charge in [0, 0.05) is 5.56 Å². The van der Waals surface area contributed by atoms with Gasteiger partial charge in [-0.15, -0.1) is 0 Å². The van der Waals surface area contributed by atoms with Crippen LogP contribution in [0.15, 0.2) is 84.0 Å². The van der Waals surface area contributed by atoms with Gasteiger partial charge >= 0.3 is 5.97 Å². The summed E-state index contributed by atoms with van der Waals surface area (Å²) in [4.78, 5) is 23.5. The predicted molar refractivity (Wildman–Crippen MR) is 124 cm³/mol. The number of carbonyl (C=O) groups excluding carboxylic acids is 1. The van der Waals surface area contributed by atoms with E-state index in [-0.39, 0.29) is 11.3 Å². The smallest absolute Gasteiger partial charge is 0.336 e. The molecule has 0 saturated heterocycles. The normalized spacial score (nSPS) is 11.2. The van der Waals surface area contributed by atoms with Gasteiger partial charge in [-0.3, -0.25) is 9.10 Å². The summed E-state index contributed by atoms with van der Waals surface area (Å²) in [6.45, 7) is -0.518. The number of benzene rings is 3. The number of amides is 1. The predicted octanol–water partition coefficient (Wildman–Crippen LogP) is 3.09. The molecule has 3 aromatic carbocycles. The summed E-state index contributed by atoms with van der Waals surface area (Å²) >= 11 is 0. The van der Waals surface area contributed by atoms with E-state index in [1.807, 2.05) is 18.2 Å². The molecule has 0 bridgehead atoms. The first-order valence-corrected chi connectivity index (χ1v) is 11.5. The molecule has 0 saturated carbocycles. The number of sulfonamides is 1. The molecule has 1 amide bonds. The average Bonchev–Trinajstić information content (AvgIpc) is 2.78. The van der Waals surface area contributed by atoms with Gasteiger partial charge in [0.15, 0.2) is 0 Å². The number of carboxylic acid groups (broad SMARTS) is 1. The minimum Gasteiger partial charge on any atom is -0.478 e. The molecule has 0 fully saturated rings. The molecular formula is C23H21N3O6S. The zero-order valence-corrected chi connectivity index (χ0v) is 18.4. The fraction of sp³-hybridized carbons (Fsp3) is 0.0870. The molecule has 0 aliphatic rings. The van der Waals surface area contributed by atoms with Crippen LogP contribution in [-0.4, -0.2) is 44.4 Å². The number of nitrogens with one attached hydrogen (secondary N) is 1. The molecule has 9 nitrogen and oxygen atoms in total. The van der Waals surface area contributed by atoms with E-state index in [0.29, 0.717) is 17.1 Å². The van der Waals surface area contributed by atoms with E-state index in [1.165, 1.54) is 30.5 Å². The number of hydrogen-bond donors (Lipinski definition) is 2. The highest BCUT2D eigenvalue weighted by Crippen LogP contribution is 2.25. The van der Waals surface area contributed by atoms with Gasteiger partial charge in [-0.1, -0.05) is 36.4 Å². The maximum atomic E-state index is 12.3. The number of anilines is 1. The summed E-state index contributed by atoms with van der Waals surface area (Å²) in [5.74, 6) is -0.697. The Morgan fingerprint density at radius 1 is 0.970 bits per heavy atom. The van der Waals surface area contributed by atoms with Crippen LogP contribution in [0.1, 0.15) is 15.9 Å². The number of carbonyl (C=O) groups is 2. The molecule has 0 unspecified atom stereocenters. The van der Waals surface area contributed by atoms with E-state index in [2.05, 4.69) is 10.5 Å². The number of rotatable bonds is 9. The van der Waals surface area contributed by atoms with Crippen LogP contribution in [0, 0.1) is 0 Å². The van der Waals surface area contributed by atoms with Gasteiger partial charge in [-0.2, -0.15) is 5.10 Å². The van der Waals surface area contributed by atoms with E-state index in [1.54, 1.807) is 36.4 Å². The van der Waals surface area contributed by atoms with Gasteiger partial charge in [0.2, 0.25) is 10.0 Å². The number of ether oxygens (including phenoxy) is 1. The lowest BCUT2D eigenvalue weighted by Crippen LogP contribution is -2.39. The van der Waals surface area contributed by atoms with E-state index in [0.717, 1.165) is 10.6 Å². The van der Waals surface area contributed by atoms with E-state index in [4.69, 9.17) is 4.74 Å². The van der Waals surface area contributed by atoms with Crippen LogP contribution in [0.25, 0.3) is 0 Å². The maximum absolute atomic E-state index is 12.3. The Morgan fingerprint density at radius 3 is 2.21 bits per heavy atom. The lowest BCUT2D eigenvalue weighted by molar-refractivity contribution is -0.119. The summed E-state index contributed by atoms with van der Waals surface area (Å²) in [5.41, 5.74) is 2.80. The molecule has 0 radical (unpaired) electrons. The highest BCUT2D eigenvalue weighted by molar-refractivity contribution is 7.92. The fourth-order valence-corrected chi connectivity index (χ4v) is 3.71. The van der Waals surface area contributed by atoms with Gasteiger partial charge in [-0.05, 0) is 42.5 Å². The Labute approximate surface area is 191 Å². The number of hydrogen-bond acceptors (Lipinski definition) is 6. The first-order chi connectivity index (χ1) is 15.7. The summed E-state index contributed by atoms with van der Waals surface area (Å²) in [7, 11) is -3.78. The average molecular weight is 468 g/mol. The zero-order chi connectivity index (χ0) is 23.8. The third kappa shape index (κ3) is 6.65. The van der Waals surface area contributed by atoms with Crippen molar-refractivity contribution in [3.8, 4) is 11.5 Å². The molecule has 0 spiro atoms. The van der Waals surface area contributed by atoms with Crippen molar-refractivity contribution in [2.24, 2.45) is 5.10 Å². The summed E-state index contributed by atoms with van der Waals surface area (Å²) in [6, 6.07) is 21.5. The largest absolute Gasteiger partial charge is 0.478 e. The molecule has 0 aromatic heterocycles. The van der Waals surface area contributed by atoms with Crippen LogP contribution >= 0.6 is 0 Å². The van der Waals surface area contributed by atoms with Crippen molar-refractivity contribution in [3.63, 3.8) is 0 Å². The Kier molecular flexibility index (Phi) is 7.42. The minimum atomic E-state index is -3.78. The molecule has 170 valence electrons. The molecule has 0 aliphatic heterocycles.